The Balaban J connectivity index is 0.00000112. The van der Waals surface area contributed by atoms with Gasteiger partial charge in [0, 0.05) is 5.92 Å². The lowest BCUT2D eigenvalue weighted by Crippen LogP contribution is -2.21. The van der Waals surface area contributed by atoms with Gasteiger partial charge in [0.05, 0.1) is 6.10 Å². The van der Waals surface area contributed by atoms with Gasteiger partial charge in [0.2, 0.25) is 5.89 Å². The van der Waals surface area contributed by atoms with Crippen LogP contribution in [0.15, 0.2) is 4.52 Å². The third-order valence-corrected chi connectivity index (χ3v) is 2.85. The van der Waals surface area contributed by atoms with Crippen LogP contribution in [-0.4, -0.2) is 27.9 Å². The van der Waals surface area contributed by atoms with Crippen molar-refractivity contribution >= 4 is 12.4 Å². The van der Waals surface area contributed by atoms with Gasteiger partial charge in [-0.1, -0.05) is 5.16 Å². The summed E-state index contributed by atoms with van der Waals surface area (Å²) in [6, 6.07) is 0. The molecule has 0 radical (unpaired) electrons. The molecule has 5 nitrogen and oxygen atoms in total. The third kappa shape index (κ3) is 2.48. The van der Waals surface area contributed by atoms with Crippen molar-refractivity contribution in [2.75, 3.05) is 6.54 Å². The first-order valence-corrected chi connectivity index (χ1v) is 4.89. The molecule has 2 rings (SSSR count). The Hall–Kier alpha value is -0.650. The normalized spacial score (nSPS) is 30.2. The molecule has 15 heavy (non-hydrogen) atoms. The van der Waals surface area contributed by atoms with Gasteiger partial charge in [0.1, 0.15) is 0 Å². The summed E-state index contributed by atoms with van der Waals surface area (Å²) in [4.78, 5) is 4.17. The molecular formula is C9H16ClN3O2. The van der Waals surface area contributed by atoms with Crippen LogP contribution in [0.5, 0.6) is 0 Å². The van der Waals surface area contributed by atoms with Gasteiger partial charge in [-0.15, -0.1) is 12.4 Å². The van der Waals surface area contributed by atoms with Crippen LogP contribution in [0.2, 0.25) is 0 Å². The molecule has 0 bridgehead atoms. The molecule has 0 aliphatic heterocycles. The first-order valence-electron chi connectivity index (χ1n) is 4.89. The summed E-state index contributed by atoms with van der Waals surface area (Å²) < 4.78 is 5.08. The van der Waals surface area contributed by atoms with E-state index >= 15 is 0 Å². The highest BCUT2D eigenvalue weighted by Crippen LogP contribution is 2.37. The summed E-state index contributed by atoms with van der Waals surface area (Å²) in [5, 5.41) is 13.4. The average molecular weight is 234 g/mol. The molecule has 1 aliphatic carbocycles. The van der Waals surface area contributed by atoms with Gasteiger partial charge in [-0.25, -0.2) is 0 Å². The Morgan fingerprint density at radius 3 is 2.73 bits per heavy atom. The summed E-state index contributed by atoms with van der Waals surface area (Å²) in [5.41, 5.74) is 5.54. The van der Waals surface area contributed by atoms with Crippen LogP contribution in [0.25, 0.3) is 0 Å². The quantitative estimate of drug-likeness (QED) is 0.782. The van der Waals surface area contributed by atoms with Crippen LogP contribution in [0.4, 0.5) is 0 Å². The number of aromatic nitrogens is 2. The predicted octanol–water partition coefficient (Wildman–Crippen LogP) is 0.613. The number of hydrogen-bond donors (Lipinski definition) is 2. The molecule has 1 saturated carbocycles. The third-order valence-electron chi connectivity index (χ3n) is 2.85. The molecule has 1 aromatic rings. The average Bonchev–Trinajstić information content (AvgIpc) is 2.71. The Morgan fingerprint density at radius 1 is 1.53 bits per heavy atom. The van der Waals surface area contributed by atoms with E-state index in [1.165, 1.54) is 0 Å². The summed E-state index contributed by atoms with van der Waals surface area (Å²) in [6.07, 6.45) is 1.21. The minimum atomic E-state index is -0.322. The van der Waals surface area contributed by atoms with Crippen molar-refractivity contribution in [3.63, 3.8) is 0 Å². The maximum Gasteiger partial charge on any atom is 0.229 e. The number of aliphatic hydroxyl groups excluding tert-OH is 1. The van der Waals surface area contributed by atoms with E-state index < -0.39 is 0 Å². The highest BCUT2D eigenvalue weighted by atomic mass is 35.5. The minimum absolute atomic E-state index is 0. The maximum atomic E-state index is 9.66. The van der Waals surface area contributed by atoms with Crippen LogP contribution >= 0.6 is 12.4 Å². The Kier molecular flexibility index (Phi) is 4.07. The molecule has 6 heteroatoms. The van der Waals surface area contributed by atoms with Crippen molar-refractivity contribution in [2.24, 2.45) is 11.7 Å². The maximum absolute atomic E-state index is 9.66. The molecule has 3 N–H and O–H groups in total. The van der Waals surface area contributed by atoms with Gasteiger partial charge in [-0.3, -0.25) is 0 Å². The number of nitrogens with two attached hydrogens (primary N) is 1. The van der Waals surface area contributed by atoms with Crippen molar-refractivity contribution in [1.82, 2.24) is 10.1 Å². The SMILES string of the molecule is Cc1noc([C@@H]2C[C@@H](CN)[C@@H](O)C2)n1.Cl. The van der Waals surface area contributed by atoms with Gasteiger partial charge in [0.25, 0.3) is 0 Å². The second kappa shape index (κ2) is 4.92. The summed E-state index contributed by atoms with van der Waals surface area (Å²) in [5.74, 6) is 1.63. The van der Waals surface area contributed by atoms with Crippen molar-refractivity contribution in [3.8, 4) is 0 Å². The molecule has 0 aromatic carbocycles. The number of aryl methyl sites for hydroxylation is 1. The van der Waals surface area contributed by atoms with Crippen molar-refractivity contribution in [1.29, 1.82) is 0 Å². The fourth-order valence-corrected chi connectivity index (χ4v) is 2.04. The van der Waals surface area contributed by atoms with Crippen molar-refractivity contribution < 1.29 is 9.63 Å². The summed E-state index contributed by atoms with van der Waals surface area (Å²) >= 11 is 0. The summed E-state index contributed by atoms with van der Waals surface area (Å²) in [6.45, 7) is 2.31. The van der Waals surface area contributed by atoms with Crippen molar-refractivity contribution in [3.05, 3.63) is 11.7 Å². The Labute approximate surface area is 94.5 Å². The second-order valence-electron chi connectivity index (χ2n) is 3.91. The zero-order valence-corrected chi connectivity index (χ0v) is 9.41. The van der Waals surface area contributed by atoms with Gasteiger partial charge in [-0.2, -0.15) is 4.98 Å². The van der Waals surface area contributed by atoms with E-state index in [9.17, 15) is 5.11 Å². The van der Waals surface area contributed by atoms with Crippen LogP contribution < -0.4 is 5.73 Å². The second-order valence-corrected chi connectivity index (χ2v) is 3.91. The monoisotopic (exact) mass is 233 g/mol. The molecular weight excluding hydrogens is 218 g/mol. The lowest BCUT2D eigenvalue weighted by molar-refractivity contribution is 0.135. The van der Waals surface area contributed by atoms with Crippen LogP contribution in [0, 0.1) is 12.8 Å². The van der Waals surface area contributed by atoms with Crippen LogP contribution in [0.1, 0.15) is 30.5 Å². The zero-order chi connectivity index (χ0) is 10.1. The van der Waals surface area contributed by atoms with Gasteiger partial charge >= 0.3 is 0 Å². The lowest BCUT2D eigenvalue weighted by Gasteiger charge is -2.09. The molecule has 0 spiro atoms. The minimum Gasteiger partial charge on any atom is -0.393 e. The van der Waals surface area contributed by atoms with Crippen LogP contribution in [0.3, 0.4) is 0 Å². The molecule has 1 aliphatic rings. The lowest BCUT2D eigenvalue weighted by atomic mass is 10.0. The highest BCUT2D eigenvalue weighted by molar-refractivity contribution is 5.85. The Bertz CT molecular complexity index is 318. The van der Waals surface area contributed by atoms with Crippen LogP contribution in [-0.2, 0) is 0 Å². The standard InChI is InChI=1S/C9H15N3O2.ClH/c1-5-11-9(14-12-5)6-2-7(4-10)8(13)3-6;/h6-8,13H,2-4,10H2,1H3;1H/t6-,7+,8+;/m1./s1. The topological polar surface area (TPSA) is 85.2 Å². The number of nitrogens with zero attached hydrogens (tertiary/aromatic N) is 2. The fourth-order valence-electron chi connectivity index (χ4n) is 2.04. The first-order chi connectivity index (χ1) is 6.70. The smallest absolute Gasteiger partial charge is 0.229 e. The van der Waals surface area contributed by atoms with E-state index in [-0.39, 0.29) is 30.3 Å². The van der Waals surface area contributed by atoms with Gasteiger partial charge in [0.15, 0.2) is 5.82 Å². The molecule has 1 fully saturated rings. The molecule has 0 unspecified atom stereocenters. The molecule has 3 atom stereocenters. The largest absolute Gasteiger partial charge is 0.393 e. The van der Waals surface area contributed by atoms with Gasteiger partial charge in [-0.05, 0) is 32.2 Å². The zero-order valence-electron chi connectivity index (χ0n) is 8.59. The number of rotatable bonds is 2. The van der Waals surface area contributed by atoms with E-state index in [2.05, 4.69) is 10.1 Å². The van der Waals surface area contributed by atoms with E-state index in [0.717, 1.165) is 6.42 Å². The van der Waals surface area contributed by atoms with E-state index in [1.54, 1.807) is 6.92 Å². The summed E-state index contributed by atoms with van der Waals surface area (Å²) in [7, 11) is 0. The highest BCUT2D eigenvalue weighted by Gasteiger charge is 2.35. The first kappa shape index (κ1) is 12.4. The van der Waals surface area contributed by atoms with E-state index in [4.69, 9.17) is 10.3 Å². The number of aliphatic hydroxyl groups is 1. The number of halogens is 1. The van der Waals surface area contributed by atoms with E-state index in [1.807, 2.05) is 0 Å². The molecule has 0 amide bonds. The molecule has 86 valence electrons. The van der Waals surface area contributed by atoms with Crippen molar-refractivity contribution in [2.45, 2.75) is 31.8 Å². The number of hydrogen-bond acceptors (Lipinski definition) is 5. The van der Waals surface area contributed by atoms with Gasteiger partial charge < -0.3 is 15.4 Å². The molecule has 1 aromatic heterocycles. The molecule has 1 heterocycles. The fraction of sp³-hybridized carbons (Fsp3) is 0.778. The Morgan fingerprint density at radius 2 is 2.27 bits per heavy atom. The predicted molar refractivity (Wildman–Crippen MR) is 56.8 cm³/mol. The molecule has 0 saturated heterocycles. The van der Waals surface area contributed by atoms with E-state index in [0.29, 0.717) is 24.7 Å².